The Morgan fingerprint density at radius 3 is 2.52 bits per heavy atom. The summed E-state index contributed by atoms with van der Waals surface area (Å²) in [6.45, 7) is -0.811. The third-order valence-electron chi connectivity index (χ3n) is 5.06. The Balaban J connectivity index is 1.97. The number of carbonyl (C=O) groups is 2. The molecule has 4 rings (SSSR count). The lowest BCUT2D eigenvalue weighted by molar-refractivity contribution is -0.140. The minimum absolute atomic E-state index is 0.0578. The van der Waals surface area contributed by atoms with Gasteiger partial charge in [-0.15, -0.1) is 0 Å². The highest BCUT2D eigenvalue weighted by molar-refractivity contribution is 6.19. The lowest BCUT2D eigenvalue weighted by atomic mass is 10.1. The number of nitrogens with two attached hydrogens (primary N) is 1. The first-order valence-corrected chi connectivity index (χ1v) is 9.47. The average molecular weight is 461 g/mol. The fourth-order valence-corrected chi connectivity index (χ4v) is 3.74. The summed E-state index contributed by atoms with van der Waals surface area (Å²) in [6.07, 6.45) is -2.20. The van der Waals surface area contributed by atoms with Gasteiger partial charge in [0.2, 0.25) is 5.91 Å². The molecule has 0 saturated heterocycles. The molecule has 2 aromatic carbocycles. The van der Waals surface area contributed by atoms with Crippen molar-refractivity contribution in [1.29, 1.82) is 0 Å². The zero-order valence-corrected chi connectivity index (χ0v) is 16.7. The summed E-state index contributed by atoms with van der Waals surface area (Å²) in [5.74, 6) is -3.34. The highest BCUT2D eigenvalue weighted by Gasteiger charge is 2.34. The van der Waals surface area contributed by atoms with Gasteiger partial charge in [-0.1, -0.05) is 12.1 Å². The molecule has 33 heavy (non-hydrogen) atoms. The second-order valence-electron chi connectivity index (χ2n) is 7.18. The minimum Gasteiger partial charge on any atom is -0.480 e. The lowest BCUT2D eigenvalue weighted by Gasteiger charge is -2.12. The van der Waals surface area contributed by atoms with Crippen molar-refractivity contribution in [3.8, 4) is 5.75 Å². The van der Waals surface area contributed by atoms with Gasteiger partial charge < -0.3 is 20.1 Å². The van der Waals surface area contributed by atoms with Crippen LogP contribution < -0.4 is 10.5 Å². The molecule has 170 valence electrons. The monoisotopic (exact) mass is 461 g/mol. The number of hydrogen-bond acceptors (Lipinski definition) is 4. The molecule has 2 heterocycles. The Labute approximate surface area is 183 Å². The van der Waals surface area contributed by atoms with Gasteiger partial charge in [0.1, 0.15) is 11.6 Å². The molecule has 0 radical (unpaired) electrons. The van der Waals surface area contributed by atoms with Crippen LogP contribution in [0.3, 0.4) is 0 Å². The first-order chi connectivity index (χ1) is 15.6. The van der Waals surface area contributed by atoms with E-state index in [9.17, 15) is 27.2 Å². The van der Waals surface area contributed by atoms with E-state index in [2.05, 4.69) is 4.98 Å². The molecule has 1 amide bonds. The van der Waals surface area contributed by atoms with Crippen LogP contribution in [-0.4, -0.2) is 33.1 Å². The van der Waals surface area contributed by atoms with Gasteiger partial charge in [0.05, 0.1) is 34.4 Å². The summed E-state index contributed by atoms with van der Waals surface area (Å²) in [5.41, 5.74) is 5.16. The zero-order valence-electron chi connectivity index (χ0n) is 16.7. The Morgan fingerprint density at radius 1 is 1.09 bits per heavy atom. The van der Waals surface area contributed by atoms with E-state index in [-0.39, 0.29) is 23.4 Å². The number of alkyl halides is 3. The van der Waals surface area contributed by atoms with Gasteiger partial charge in [0, 0.05) is 17.5 Å². The topological polar surface area (TPSA) is 107 Å². The van der Waals surface area contributed by atoms with Crippen molar-refractivity contribution in [2.75, 3.05) is 6.61 Å². The average Bonchev–Trinajstić information content (AvgIpc) is 3.07. The second-order valence-corrected chi connectivity index (χ2v) is 7.18. The summed E-state index contributed by atoms with van der Waals surface area (Å²) >= 11 is 0. The van der Waals surface area contributed by atoms with Crippen molar-refractivity contribution >= 4 is 33.7 Å². The molecule has 2 aromatic heterocycles. The molecular formula is C22H15F4N3O4. The number of nitrogens with zero attached hydrogens (tertiary/aromatic N) is 2. The number of fused-ring (bicyclic) bond motifs is 3. The van der Waals surface area contributed by atoms with E-state index in [0.717, 1.165) is 6.07 Å². The predicted molar refractivity (Wildman–Crippen MR) is 109 cm³/mol. The van der Waals surface area contributed by atoms with Crippen LogP contribution in [0, 0.1) is 5.82 Å². The van der Waals surface area contributed by atoms with Crippen LogP contribution in [0.25, 0.3) is 21.8 Å². The number of carbonyl (C=O) groups excluding carboxylic acids is 1. The fourth-order valence-electron chi connectivity index (χ4n) is 3.74. The summed E-state index contributed by atoms with van der Waals surface area (Å²) in [7, 11) is 0. The molecule has 0 saturated carbocycles. The Hall–Kier alpha value is -4.15. The number of rotatable bonds is 6. The summed E-state index contributed by atoms with van der Waals surface area (Å²) in [4.78, 5) is 27.1. The number of primary amides is 1. The summed E-state index contributed by atoms with van der Waals surface area (Å²) < 4.78 is 60.2. The third-order valence-corrected chi connectivity index (χ3v) is 5.06. The second kappa shape index (κ2) is 8.08. The summed E-state index contributed by atoms with van der Waals surface area (Å²) in [5, 5.41) is 9.63. The number of pyridine rings is 1. The van der Waals surface area contributed by atoms with E-state index in [1.807, 2.05) is 0 Å². The Morgan fingerprint density at radius 2 is 1.85 bits per heavy atom. The molecule has 0 fully saturated rings. The van der Waals surface area contributed by atoms with Crippen LogP contribution in [-0.2, 0) is 17.5 Å². The molecule has 0 atom stereocenters. The zero-order chi connectivity index (χ0) is 23.9. The lowest BCUT2D eigenvalue weighted by Crippen LogP contribution is -2.12. The van der Waals surface area contributed by atoms with Crippen molar-refractivity contribution in [2.24, 2.45) is 5.73 Å². The van der Waals surface area contributed by atoms with Gasteiger partial charge in [-0.2, -0.15) is 13.2 Å². The number of hydrogen-bond donors (Lipinski definition) is 2. The Kier molecular flexibility index (Phi) is 5.40. The molecular weight excluding hydrogens is 446 g/mol. The maximum Gasteiger partial charge on any atom is 0.419 e. The molecule has 0 bridgehead atoms. The normalized spacial score (nSPS) is 11.8. The predicted octanol–water partition coefficient (Wildman–Crippen LogP) is 3.96. The van der Waals surface area contributed by atoms with Crippen molar-refractivity contribution in [3.63, 3.8) is 0 Å². The highest BCUT2D eigenvalue weighted by Crippen LogP contribution is 2.38. The number of carboxylic acids is 1. The SMILES string of the molecule is NC(=O)c1cccc2c1c1c(OCC(=O)O)cncc1n2Cc1ccc(F)c(C(F)(F)F)c1. The standard InChI is InChI=1S/C22H15F4N3O4/c23-14-5-4-11(6-13(14)22(24,25)26)9-29-15-3-1-2-12(21(27)32)19(15)20-16(29)7-28-8-17(20)33-10-18(30)31/h1-8H,9-10H2,(H2,27,32)(H,30,31). The number of aliphatic carboxylic acids is 1. The van der Waals surface area contributed by atoms with E-state index in [1.54, 1.807) is 16.7 Å². The molecule has 0 unspecified atom stereocenters. The van der Waals surface area contributed by atoms with Gasteiger partial charge in [0.25, 0.3) is 0 Å². The molecule has 4 aromatic rings. The fraction of sp³-hybridized carbons (Fsp3) is 0.136. The van der Waals surface area contributed by atoms with Gasteiger partial charge >= 0.3 is 12.1 Å². The minimum atomic E-state index is -4.88. The van der Waals surface area contributed by atoms with Gasteiger partial charge in [-0.25, -0.2) is 9.18 Å². The molecule has 0 spiro atoms. The number of ether oxygens (including phenoxy) is 1. The van der Waals surface area contributed by atoms with Crippen molar-refractivity contribution < 1.29 is 37.0 Å². The smallest absolute Gasteiger partial charge is 0.419 e. The maximum atomic E-state index is 13.7. The third kappa shape index (κ3) is 4.04. The van der Waals surface area contributed by atoms with E-state index in [4.69, 9.17) is 15.6 Å². The van der Waals surface area contributed by atoms with Crippen LogP contribution in [0.1, 0.15) is 21.5 Å². The van der Waals surface area contributed by atoms with E-state index >= 15 is 0 Å². The molecule has 11 heteroatoms. The highest BCUT2D eigenvalue weighted by atomic mass is 19.4. The van der Waals surface area contributed by atoms with Crippen molar-refractivity contribution in [3.05, 3.63) is 71.3 Å². The number of aromatic nitrogens is 2. The number of benzene rings is 2. The quantitative estimate of drug-likeness (QED) is 0.423. The molecule has 0 aliphatic rings. The Bertz CT molecular complexity index is 1410. The largest absolute Gasteiger partial charge is 0.480 e. The van der Waals surface area contributed by atoms with E-state index in [0.29, 0.717) is 27.9 Å². The summed E-state index contributed by atoms with van der Waals surface area (Å²) in [6, 6.07) is 7.31. The van der Waals surface area contributed by atoms with Crippen LogP contribution in [0.2, 0.25) is 0 Å². The first kappa shape index (κ1) is 22.1. The van der Waals surface area contributed by atoms with Gasteiger partial charge in [0.15, 0.2) is 6.61 Å². The van der Waals surface area contributed by atoms with E-state index < -0.39 is 36.0 Å². The molecule has 3 N–H and O–H groups in total. The van der Waals surface area contributed by atoms with Gasteiger partial charge in [-0.3, -0.25) is 9.78 Å². The van der Waals surface area contributed by atoms with Crippen molar-refractivity contribution in [1.82, 2.24) is 9.55 Å². The van der Waals surface area contributed by atoms with Crippen LogP contribution >= 0.6 is 0 Å². The molecule has 0 aliphatic heterocycles. The molecule has 7 nitrogen and oxygen atoms in total. The molecule has 0 aliphatic carbocycles. The van der Waals surface area contributed by atoms with E-state index in [1.165, 1.54) is 24.5 Å². The van der Waals surface area contributed by atoms with Crippen LogP contribution in [0.5, 0.6) is 5.75 Å². The maximum absolute atomic E-state index is 13.7. The number of halogens is 4. The van der Waals surface area contributed by atoms with Gasteiger partial charge in [-0.05, 0) is 29.8 Å². The van der Waals surface area contributed by atoms with Crippen molar-refractivity contribution in [2.45, 2.75) is 12.7 Å². The first-order valence-electron chi connectivity index (χ1n) is 9.47. The van der Waals surface area contributed by atoms with Crippen LogP contribution in [0.4, 0.5) is 17.6 Å². The van der Waals surface area contributed by atoms with Crippen LogP contribution in [0.15, 0.2) is 48.8 Å². The number of amides is 1. The number of carboxylic acid groups (broad SMARTS) is 1.